The van der Waals surface area contributed by atoms with Crippen LogP contribution in [0.4, 0.5) is 0 Å². The van der Waals surface area contributed by atoms with Crippen molar-refractivity contribution in [2.24, 2.45) is 0 Å². The normalized spacial score (nSPS) is 9.53. The summed E-state index contributed by atoms with van der Waals surface area (Å²) in [7, 11) is 0. The summed E-state index contributed by atoms with van der Waals surface area (Å²) in [6.45, 7) is 0.279. The first kappa shape index (κ1) is 9.42. The molecular formula is C13H10O2. The van der Waals surface area contributed by atoms with Gasteiger partial charge in [-0.25, -0.2) is 0 Å². The van der Waals surface area contributed by atoms with Gasteiger partial charge in [-0.1, -0.05) is 18.1 Å². The summed E-state index contributed by atoms with van der Waals surface area (Å²) in [5.74, 6) is 4.00. The van der Waals surface area contributed by atoms with E-state index < -0.39 is 0 Å². The number of hydrogen-bond acceptors (Lipinski definition) is 2. The minimum Gasteiger partial charge on any atom is -0.481 e. The molecule has 1 aromatic heterocycles. The van der Waals surface area contributed by atoms with Crippen molar-refractivity contribution in [1.29, 1.82) is 0 Å². The van der Waals surface area contributed by atoms with Crippen LogP contribution < -0.4 is 4.74 Å². The molecule has 2 rings (SSSR count). The van der Waals surface area contributed by atoms with Crippen LogP contribution in [0.2, 0.25) is 0 Å². The number of furan rings is 1. The molecular weight excluding hydrogens is 188 g/mol. The van der Waals surface area contributed by atoms with Crippen molar-refractivity contribution < 1.29 is 9.15 Å². The third kappa shape index (κ3) is 2.21. The van der Waals surface area contributed by atoms with Crippen LogP contribution in [0.3, 0.4) is 0 Å². The fourth-order valence-corrected chi connectivity index (χ4v) is 1.31. The van der Waals surface area contributed by atoms with Gasteiger partial charge in [-0.3, -0.25) is 0 Å². The Bertz CT molecular complexity index is 464. The zero-order valence-corrected chi connectivity index (χ0v) is 8.14. The minimum atomic E-state index is 0.279. The van der Waals surface area contributed by atoms with E-state index in [2.05, 4.69) is 5.92 Å². The summed E-state index contributed by atoms with van der Waals surface area (Å²) in [5.41, 5.74) is 0.981. The van der Waals surface area contributed by atoms with E-state index in [-0.39, 0.29) is 6.61 Å². The number of rotatable bonds is 3. The lowest BCUT2D eigenvalue weighted by Gasteiger charge is -2.03. The summed E-state index contributed by atoms with van der Waals surface area (Å²) >= 11 is 0. The van der Waals surface area contributed by atoms with Crippen molar-refractivity contribution in [3.63, 3.8) is 0 Å². The van der Waals surface area contributed by atoms with Gasteiger partial charge in [-0.2, -0.15) is 0 Å². The van der Waals surface area contributed by atoms with E-state index in [1.54, 1.807) is 6.26 Å². The second-order valence-corrected chi connectivity index (χ2v) is 3.00. The smallest absolute Gasteiger partial charge is 0.148 e. The van der Waals surface area contributed by atoms with Gasteiger partial charge < -0.3 is 9.15 Å². The first-order chi connectivity index (χ1) is 7.40. The van der Waals surface area contributed by atoms with Crippen LogP contribution in [0.5, 0.6) is 5.75 Å². The van der Waals surface area contributed by atoms with Crippen molar-refractivity contribution in [2.75, 3.05) is 6.61 Å². The molecule has 0 fully saturated rings. The van der Waals surface area contributed by atoms with Gasteiger partial charge in [-0.05, 0) is 24.3 Å². The molecule has 0 saturated carbocycles. The van der Waals surface area contributed by atoms with Crippen LogP contribution in [-0.4, -0.2) is 6.61 Å². The predicted molar refractivity (Wildman–Crippen MR) is 58.5 cm³/mol. The van der Waals surface area contributed by atoms with E-state index in [1.165, 1.54) is 0 Å². The van der Waals surface area contributed by atoms with Gasteiger partial charge in [0.25, 0.3) is 0 Å². The van der Waals surface area contributed by atoms with Crippen molar-refractivity contribution in [3.8, 4) is 29.4 Å². The molecule has 15 heavy (non-hydrogen) atoms. The third-order valence-electron chi connectivity index (χ3n) is 1.96. The molecule has 0 aliphatic carbocycles. The van der Waals surface area contributed by atoms with Gasteiger partial charge >= 0.3 is 0 Å². The number of terminal acetylenes is 1. The second-order valence-electron chi connectivity index (χ2n) is 3.00. The Kier molecular flexibility index (Phi) is 2.75. The highest BCUT2D eigenvalue weighted by atomic mass is 16.5. The Morgan fingerprint density at radius 2 is 2.20 bits per heavy atom. The van der Waals surface area contributed by atoms with Crippen LogP contribution in [0.25, 0.3) is 11.3 Å². The minimum absolute atomic E-state index is 0.279. The molecule has 0 amide bonds. The molecule has 74 valence electrons. The van der Waals surface area contributed by atoms with E-state index in [1.807, 2.05) is 36.4 Å². The summed E-state index contributed by atoms with van der Waals surface area (Å²) in [4.78, 5) is 0. The van der Waals surface area contributed by atoms with E-state index in [4.69, 9.17) is 15.6 Å². The Morgan fingerprint density at radius 3 is 2.93 bits per heavy atom. The van der Waals surface area contributed by atoms with Crippen LogP contribution in [0.15, 0.2) is 47.1 Å². The van der Waals surface area contributed by atoms with Gasteiger partial charge in [-0.15, -0.1) is 6.42 Å². The van der Waals surface area contributed by atoms with Crippen molar-refractivity contribution in [3.05, 3.63) is 42.7 Å². The van der Waals surface area contributed by atoms with Gasteiger partial charge in [0.15, 0.2) is 0 Å². The van der Waals surface area contributed by atoms with E-state index in [0.717, 1.165) is 17.1 Å². The maximum Gasteiger partial charge on any atom is 0.148 e. The zero-order chi connectivity index (χ0) is 10.5. The number of benzene rings is 1. The van der Waals surface area contributed by atoms with E-state index >= 15 is 0 Å². The van der Waals surface area contributed by atoms with Crippen LogP contribution in [-0.2, 0) is 0 Å². The standard InChI is InChI=1S/C13H10O2/c1-2-8-14-12-6-3-5-11(10-12)13-7-4-9-15-13/h1,3-7,9-10H,8H2. The quantitative estimate of drug-likeness (QED) is 0.707. The first-order valence-electron chi connectivity index (χ1n) is 4.60. The molecule has 0 saturated heterocycles. The van der Waals surface area contributed by atoms with E-state index in [9.17, 15) is 0 Å². The molecule has 0 atom stereocenters. The van der Waals surface area contributed by atoms with Gasteiger partial charge in [0.05, 0.1) is 6.26 Å². The molecule has 2 heteroatoms. The Morgan fingerprint density at radius 1 is 1.27 bits per heavy atom. The molecule has 1 aromatic carbocycles. The van der Waals surface area contributed by atoms with Crippen LogP contribution in [0, 0.1) is 12.3 Å². The lowest BCUT2D eigenvalue weighted by Crippen LogP contribution is -1.92. The average molecular weight is 198 g/mol. The van der Waals surface area contributed by atoms with Gasteiger partial charge in [0, 0.05) is 5.56 Å². The summed E-state index contributed by atoms with van der Waals surface area (Å²) in [5, 5.41) is 0. The Hall–Kier alpha value is -2.14. The molecule has 0 spiro atoms. The third-order valence-corrected chi connectivity index (χ3v) is 1.96. The maximum absolute atomic E-state index is 5.32. The largest absolute Gasteiger partial charge is 0.481 e. The zero-order valence-electron chi connectivity index (χ0n) is 8.14. The van der Waals surface area contributed by atoms with Crippen molar-refractivity contribution in [2.45, 2.75) is 0 Å². The molecule has 0 aliphatic heterocycles. The SMILES string of the molecule is C#CCOc1cccc(-c2ccco2)c1. The molecule has 0 N–H and O–H groups in total. The van der Waals surface area contributed by atoms with E-state index in [0.29, 0.717) is 0 Å². The predicted octanol–water partition coefficient (Wildman–Crippen LogP) is 2.96. The second kappa shape index (κ2) is 4.39. The molecule has 0 unspecified atom stereocenters. The maximum atomic E-state index is 5.32. The highest BCUT2D eigenvalue weighted by molar-refractivity contribution is 5.59. The molecule has 2 aromatic rings. The Balaban J connectivity index is 2.24. The average Bonchev–Trinajstić information content (AvgIpc) is 2.80. The summed E-state index contributed by atoms with van der Waals surface area (Å²) in [6.07, 6.45) is 6.76. The highest BCUT2D eigenvalue weighted by Crippen LogP contribution is 2.23. The number of ether oxygens (including phenoxy) is 1. The fraction of sp³-hybridized carbons (Fsp3) is 0.0769. The number of hydrogen-bond donors (Lipinski definition) is 0. The molecule has 0 bridgehead atoms. The molecule has 1 heterocycles. The molecule has 2 nitrogen and oxygen atoms in total. The van der Waals surface area contributed by atoms with Crippen LogP contribution in [0.1, 0.15) is 0 Å². The Labute approximate surface area is 88.5 Å². The summed E-state index contributed by atoms with van der Waals surface area (Å²) in [6, 6.07) is 11.4. The molecule has 0 radical (unpaired) electrons. The fourth-order valence-electron chi connectivity index (χ4n) is 1.31. The highest BCUT2D eigenvalue weighted by Gasteiger charge is 2.01. The topological polar surface area (TPSA) is 22.4 Å². The van der Waals surface area contributed by atoms with Gasteiger partial charge in [0.2, 0.25) is 0 Å². The van der Waals surface area contributed by atoms with Crippen LogP contribution >= 0.6 is 0 Å². The molecule has 0 aliphatic rings. The monoisotopic (exact) mass is 198 g/mol. The lowest BCUT2D eigenvalue weighted by atomic mass is 10.2. The summed E-state index contributed by atoms with van der Waals surface area (Å²) < 4.78 is 10.6. The van der Waals surface area contributed by atoms with Crippen molar-refractivity contribution >= 4 is 0 Å². The van der Waals surface area contributed by atoms with Crippen molar-refractivity contribution in [1.82, 2.24) is 0 Å². The van der Waals surface area contributed by atoms with Gasteiger partial charge in [0.1, 0.15) is 18.1 Å². The first-order valence-corrected chi connectivity index (χ1v) is 4.60. The lowest BCUT2D eigenvalue weighted by molar-refractivity contribution is 0.370.